The van der Waals surface area contributed by atoms with E-state index >= 15 is 0 Å². The Morgan fingerprint density at radius 1 is 1.03 bits per heavy atom. The molecule has 1 spiro atoms. The molecule has 2 aliphatic heterocycles. The summed E-state index contributed by atoms with van der Waals surface area (Å²) in [5.74, 6) is 9.38. The Bertz CT molecular complexity index is 1040. The van der Waals surface area contributed by atoms with Crippen LogP contribution >= 0.6 is 0 Å². The molecule has 2 heterocycles. The highest BCUT2D eigenvalue weighted by Crippen LogP contribution is 2.64. The third-order valence-corrected chi connectivity index (χ3v) is 11.3. The number of aromatic hydroxyl groups is 1. The first-order chi connectivity index (χ1) is 17.4. The summed E-state index contributed by atoms with van der Waals surface area (Å²) in [7, 11) is 0. The Kier molecular flexibility index (Phi) is 6.42. The molecule has 36 heavy (non-hydrogen) atoms. The van der Waals surface area contributed by atoms with Gasteiger partial charge in [-0.05, 0) is 99.3 Å². The van der Waals surface area contributed by atoms with E-state index in [0.717, 1.165) is 24.8 Å². The van der Waals surface area contributed by atoms with Crippen LogP contribution in [-0.2, 0) is 17.6 Å². The molecule has 5 fully saturated rings. The molecule has 1 aromatic rings. The molecule has 7 unspecified atom stereocenters. The van der Waals surface area contributed by atoms with Gasteiger partial charge in [-0.3, -0.25) is 0 Å². The number of hydrogen-bond acceptors (Lipinski definition) is 4. The molecule has 4 bridgehead atoms. The van der Waals surface area contributed by atoms with E-state index in [1.165, 1.54) is 63.4 Å². The Hall–Kier alpha value is -1.54. The molecule has 2 saturated heterocycles. The Morgan fingerprint density at radius 2 is 1.83 bits per heavy atom. The highest BCUT2D eigenvalue weighted by atomic mass is 16.5. The van der Waals surface area contributed by atoms with E-state index in [0.29, 0.717) is 36.3 Å². The number of nitrogens with two attached hydrogens (primary N) is 1. The van der Waals surface area contributed by atoms with Crippen LogP contribution in [0.25, 0.3) is 0 Å². The number of hydrogen-bond donors (Lipinski definition) is 3. The van der Waals surface area contributed by atoms with Crippen molar-refractivity contribution in [2.45, 2.75) is 114 Å². The van der Waals surface area contributed by atoms with Crippen molar-refractivity contribution in [1.29, 1.82) is 0 Å². The van der Waals surface area contributed by atoms with Crippen molar-refractivity contribution in [2.24, 2.45) is 35.3 Å². The molecule has 6 aliphatic rings. The van der Waals surface area contributed by atoms with Crippen LogP contribution in [0, 0.1) is 41.4 Å². The van der Waals surface area contributed by atoms with Crippen LogP contribution in [0.4, 0.5) is 0 Å². The van der Waals surface area contributed by atoms with Crippen molar-refractivity contribution >= 4 is 0 Å². The van der Waals surface area contributed by atoms with Gasteiger partial charge in [-0.1, -0.05) is 50.0 Å². The molecular formula is C32H45NO3. The molecule has 7 atom stereocenters. The molecule has 0 amide bonds. The van der Waals surface area contributed by atoms with Crippen LogP contribution in [0.2, 0.25) is 0 Å². The lowest BCUT2D eigenvalue weighted by atomic mass is 9.46. The summed E-state index contributed by atoms with van der Waals surface area (Å²) in [5.41, 5.74) is 8.94. The maximum Gasteiger partial charge on any atom is 0.115 e. The van der Waals surface area contributed by atoms with Crippen LogP contribution in [0.5, 0.6) is 5.75 Å². The summed E-state index contributed by atoms with van der Waals surface area (Å²) < 4.78 is 7.60. The fourth-order valence-electron chi connectivity index (χ4n) is 9.64. The molecule has 0 radical (unpaired) electrons. The number of rotatable bonds is 3. The van der Waals surface area contributed by atoms with E-state index in [-0.39, 0.29) is 29.6 Å². The first-order valence-electron chi connectivity index (χ1n) is 14.8. The van der Waals surface area contributed by atoms with Gasteiger partial charge in [0.15, 0.2) is 0 Å². The van der Waals surface area contributed by atoms with Crippen molar-refractivity contribution in [3.05, 3.63) is 29.3 Å². The summed E-state index contributed by atoms with van der Waals surface area (Å²) >= 11 is 0. The summed E-state index contributed by atoms with van der Waals surface area (Å²) in [6.45, 7) is 2.49. The predicted octanol–water partition coefficient (Wildman–Crippen LogP) is 5.51. The molecule has 7 rings (SSSR count). The van der Waals surface area contributed by atoms with E-state index in [9.17, 15) is 10.2 Å². The second-order valence-corrected chi connectivity index (χ2v) is 13.1. The van der Waals surface area contributed by atoms with Gasteiger partial charge < -0.3 is 20.7 Å². The zero-order valence-corrected chi connectivity index (χ0v) is 22.1. The van der Waals surface area contributed by atoms with Gasteiger partial charge in [0.25, 0.3) is 0 Å². The predicted molar refractivity (Wildman–Crippen MR) is 142 cm³/mol. The first-order valence-corrected chi connectivity index (χ1v) is 14.8. The molecule has 196 valence electrons. The second kappa shape index (κ2) is 9.33. The quantitative estimate of drug-likeness (QED) is 0.487. The lowest BCUT2D eigenvalue weighted by molar-refractivity contribution is -0.329. The van der Waals surface area contributed by atoms with Crippen molar-refractivity contribution in [3.8, 4) is 17.6 Å². The third-order valence-electron chi connectivity index (χ3n) is 11.3. The van der Waals surface area contributed by atoms with Crippen LogP contribution in [0.3, 0.4) is 0 Å². The van der Waals surface area contributed by atoms with Gasteiger partial charge in [0, 0.05) is 24.5 Å². The largest absolute Gasteiger partial charge is 0.508 e. The van der Waals surface area contributed by atoms with E-state index in [1.807, 2.05) is 12.1 Å². The van der Waals surface area contributed by atoms with Gasteiger partial charge in [0.2, 0.25) is 0 Å². The van der Waals surface area contributed by atoms with Gasteiger partial charge >= 0.3 is 0 Å². The third kappa shape index (κ3) is 3.84. The molecule has 0 aromatic heterocycles. The monoisotopic (exact) mass is 491 g/mol. The maximum atomic E-state index is 10.3. The minimum atomic E-state index is -0.535. The Labute approximate surface area is 217 Å². The number of aliphatic hydroxyl groups is 1. The van der Waals surface area contributed by atoms with E-state index in [2.05, 4.69) is 24.8 Å². The molecule has 3 saturated carbocycles. The van der Waals surface area contributed by atoms with Crippen LogP contribution in [0.1, 0.15) is 95.1 Å². The summed E-state index contributed by atoms with van der Waals surface area (Å²) in [6.07, 6.45) is 15.7. The number of phenols is 1. The van der Waals surface area contributed by atoms with Crippen molar-refractivity contribution in [1.82, 2.24) is 0 Å². The van der Waals surface area contributed by atoms with Gasteiger partial charge in [-0.2, -0.15) is 0 Å². The van der Waals surface area contributed by atoms with Crippen molar-refractivity contribution < 1.29 is 14.9 Å². The summed E-state index contributed by atoms with van der Waals surface area (Å²) in [5, 5.41) is 20.5. The zero-order valence-electron chi connectivity index (χ0n) is 22.1. The highest BCUT2D eigenvalue weighted by Gasteiger charge is 2.70. The van der Waals surface area contributed by atoms with Crippen molar-refractivity contribution in [3.63, 3.8) is 0 Å². The van der Waals surface area contributed by atoms with Crippen LogP contribution < -0.4 is 5.73 Å². The number of phenolic OH excluding ortho intramolecular Hbond substituents is 1. The summed E-state index contributed by atoms with van der Waals surface area (Å²) in [4.78, 5) is 0. The number of aliphatic hydroxyl groups excluding tert-OH is 1. The molecule has 4 heteroatoms. The molecule has 1 aromatic carbocycles. The van der Waals surface area contributed by atoms with E-state index in [1.54, 1.807) is 0 Å². The maximum absolute atomic E-state index is 10.3. The number of fused-ring (bicyclic) bond motifs is 5. The van der Waals surface area contributed by atoms with Gasteiger partial charge in [0.1, 0.15) is 5.75 Å². The van der Waals surface area contributed by atoms with E-state index in [4.69, 9.17) is 10.5 Å². The average Bonchev–Trinajstić information content (AvgIpc) is 2.89. The lowest BCUT2D eigenvalue weighted by Crippen LogP contribution is -2.79. The lowest BCUT2D eigenvalue weighted by Gasteiger charge is -2.70. The minimum absolute atomic E-state index is 0.0600. The standard InChI is InChI=1S/C32H45NO3/c1-30(25-9-3-2-4-10-25)28-15-16-32(36-30)26-11-5-7-22(20-26)19-24-13-14-27(35)21-23(24)8-6-12-29(32)31(28,33)17-18-34/h13-14,21-22,25-26,28-29,34-35H,2-5,7-11,15-20,33H2,1H3. The highest BCUT2D eigenvalue weighted by molar-refractivity contribution is 5.39. The second-order valence-electron chi connectivity index (χ2n) is 13.1. The zero-order chi connectivity index (χ0) is 25.0. The number of benzene rings is 1. The molecule has 4 N–H and O–H groups in total. The average molecular weight is 492 g/mol. The SMILES string of the molecule is CC1(C2CCCCC2)OC23CCC1C(N)(CCO)C2C#CCc1cc(O)ccc1CC1CCCC3C1. The smallest absolute Gasteiger partial charge is 0.115 e. The molecule has 4 nitrogen and oxygen atoms in total. The topological polar surface area (TPSA) is 75.7 Å². The minimum Gasteiger partial charge on any atom is -0.508 e. The van der Waals surface area contributed by atoms with Crippen LogP contribution in [-0.4, -0.2) is 33.6 Å². The summed E-state index contributed by atoms with van der Waals surface area (Å²) in [6, 6.07) is 5.85. The van der Waals surface area contributed by atoms with Gasteiger partial charge in [-0.15, -0.1) is 0 Å². The Balaban J connectivity index is 1.47. The van der Waals surface area contributed by atoms with Crippen molar-refractivity contribution in [2.75, 3.05) is 6.61 Å². The van der Waals surface area contributed by atoms with Gasteiger partial charge in [-0.25, -0.2) is 0 Å². The molecular weight excluding hydrogens is 446 g/mol. The molecule has 4 aliphatic carbocycles. The fourth-order valence-corrected chi connectivity index (χ4v) is 9.64. The fraction of sp³-hybridized carbons (Fsp3) is 0.750. The van der Waals surface area contributed by atoms with Crippen LogP contribution in [0.15, 0.2) is 18.2 Å². The Morgan fingerprint density at radius 3 is 2.64 bits per heavy atom. The van der Waals surface area contributed by atoms with Gasteiger partial charge in [0.05, 0.1) is 17.1 Å². The normalized spacial score (nSPS) is 42.4. The van der Waals surface area contributed by atoms with E-state index < -0.39 is 5.54 Å². The number of ether oxygens (including phenoxy) is 1. The first kappa shape index (κ1) is 24.8.